The summed E-state index contributed by atoms with van der Waals surface area (Å²) in [4.78, 5) is 1.06. The van der Waals surface area contributed by atoms with Crippen molar-refractivity contribution in [1.29, 1.82) is 0 Å². The Morgan fingerprint density at radius 1 is 1.21 bits per heavy atom. The van der Waals surface area contributed by atoms with Gasteiger partial charge in [-0.2, -0.15) is 0 Å². The van der Waals surface area contributed by atoms with Crippen LogP contribution in [0.15, 0.2) is 26.5 Å². The van der Waals surface area contributed by atoms with Gasteiger partial charge in [0, 0.05) is 0 Å². The maximum Gasteiger partial charge on any atom is 0.165 e. The predicted molar refractivity (Wildman–Crippen MR) is 65.8 cm³/mol. The second kappa shape index (κ2) is 4.26. The highest BCUT2D eigenvalue weighted by molar-refractivity contribution is 9.11. The highest BCUT2D eigenvalue weighted by Gasteiger charge is 2.06. The van der Waals surface area contributed by atoms with Gasteiger partial charge in [0.05, 0.1) is 13.1 Å². The summed E-state index contributed by atoms with van der Waals surface area (Å²) in [5, 5.41) is 8.20. The average molecular weight is 354 g/mol. The Balaban J connectivity index is 2.47. The van der Waals surface area contributed by atoms with Crippen LogP contribution in [0.2, 0.25) is 5.15 Å². The van der Waals surface area contributed by atoms with Gasteiger partial charge < -0.3 is 0 Å². The molecule has 0 radical (unpaired) electrons. The van der Waals surface area contributed by atoms with E-state index in [1.807, 2.05) is 18.2 Å². The second-order valence-electron chi connectivity index (χ2n) is 2.47. The van der Waals surface area contributed by atoms with Crippen molar-refractivity contribution in [3.63, 3.8) is 0 Å². The van der Waals surface area contributed by atoms with Crippen LogP contribution in [-0.2, 0) is 0 Å². The Labute approximate surface area is 107 Å². The summed E-state index contributed by atoms with van der Waals surface area (Å²) in [6, 6.07) is 5.82. The average Bonchev–Trinajstić information content (AvgIpc) is 2.57. The van der Waals surface area contributed by atoms with Crippen LogP contribution < -0.4 is 0 Å². The minimum atomic E-state index is 0.379. The molecule has 6 heteroatoms. The summed E-state index contributed by atoms with van der Waals surface area (Å²) in [6.07, 6.45) is 0. The molecule has 72 valence electrons. The van der Waals surface area contributed by atoms with E-state index < -0.39 is 0 Å². The fourth-order valence-electron chi connectivity index (χ4n) is 0.926. The zero-order valence-corrected chi connectivity index (χ0v) is 11.4. The molecule has 0 bridgehead atoms. The quantitative estimate of drug-likeness (QED) is 0.759. The van der Waals surface area contributed by atoms with Crippen molar-refractivity contribution >= 4 is 54.8 Å². The molecule has 2 nitrogen and oxygen atoms in total. The van der Waals surface area contributed by atoms with Gasteiger partial charge in [0.1, 0.15) is 5.69 Å². The Morgan fingerprint density at radius 3 is 2.57 bits per heavy atom. The number of halogens is 3. The molecule has 0 atom stereocenters. The first kappa shape index (κ1) is 10.5. The van der Waals surface area contributed by atoms with Crippen LogP contribution in [0.5, 0.6) is 0 Å². The van der Waals surface area contributed by atoms with Crippen LogP contribution in [0.4, 0.5) is 0 Å². The first-order chi connectivity index (χ1) is 6.66. The minimum absolute atomic E-state index is 0.379. The number of hydrogen-bond acceptors (Lipinski definition) is 3. The molecule has 0 aliphatic heterocycles. The van der Waals surface area contributed by atoms with Crippen LogP contribution >= 0.6 is 54.8 Å². The third kappa shape index (κ3) is 2.16. The van der Waals surface area contributed by atoms with Crippen LogP contribution in [0.1, 0.15) is 0 Å². The lowest BCUT2D eigenvalue weighted by molar-refractivity contribution is 1.03. The zero-order chi connectivity index (χ0) is 10.1. The number of nitrogens with zero attached hydrogens (tertiary/aromatic N) is 2. The van der Waals surface area contributed by atoms with Gasteiger partial charge in [-0.05, 0) is 50.1 Å². The Kier molecular flexibility index (Phi) is 3.21. The third-order valence-electron chi connectivity index (χ3n) is 1.53. The van der Waals surface area contributed by atoms with E-state index in [1.54, 1.807) is 11.3 Å². The van der Waals surface area contributed by atoms with E-state index >= 15 is 0 Å². The van der Waals surface area contributed by atoms with Crippen LogP contribution in [0.25, 0.3) is 10.6 Å². The smallest absolute Gasteiger partial charge is 0.148 e. The molecule has 0 aliphatic rings. The molecule has 2 heterocycles. The molecular weight excluding hydrogens is 351 g/mol. The second-order valence-corrected chi connectivity index (χ2v) is 6.15. The highest BCUT2D eigenvalue weighted by Crippen LogP contribution is 2.32. The summed E-state index contributed by atoms with van der Waals surface area (Å²) in [5.74, 6) is 0. The van der Waals surface area contributed by atoms with Crippen molar-refractivity contribution in [3.05, 3.63) is 31.6 Å². The molecule has 14 heavy (non-hydrogen) atoms. The topological polar surface area (TPSA) is 25.8 Å². The lowest BCUT2D eigenvalue weighted by Crippen LogP contribution is -1.86. The van der Waals surface area contributed by atoms with E-state index in [2.05, 4.69) is 42.1 Å². The van der Waals surface area contributed by atoms with E-state index in [1.165, 1.54) is 0 Å². The molecular formula is C8H3Br2ClN2S. The van der Waals surface area contributed by atoms with Crippen molar-refractivity contribution in [2.75, 3.05) is 0 Å². The Hall–Kier alpha value is 0.0300. The molecule has 0 unspecified atom stereocenters. The van der Waals surface area contributed by atoms with Gasteiger partial charge in [0.15, 0.2) is 5.15 Å². The van der Waals surface area contributed by atoms with Gasteiger partial charge in [0.2, 0.25) is 0 Å². The summed E-state index contributed by atoms with van der Waals surface area (Å²) in [6.45, 7) is 0. The van der Waals surface area contributed by atoms with E-state index in [0.29, 0.717) is 5.15 Å². The van der Waals surface area contributed by atoms with Crippen molar-refractivity contribution in [3.8, 4) is 10.6 Å². The largest absolute Gasteiger partial charge is 0.165 e. The van der Waals surface area contributed by atoms with Gasteiger partial charge in [-0.15, -0.1) is 21.5 Å². The monoisotopic (exact) mass is 352 g/mol. The van der Waals surface area contributed by atoms with E-state index in [0.717, 1.165) is 18.8 Å². The summed E-state index contributed by atoms with van der Waals surface area (Å²) < 4.78 is 1.83. The fraction of sp³-hybridized carbons (Fsp3) is 0. The lowest BCUT2D eigenvalue weighted by Gasteiger charge is -1.97. The number of hydrogen-bond donors (Lipinski definition) is 0. The van der Waals surface area contributed by atoms with Gasteiger partial charge in [-0.1, -0.05) is 11.6 Å². The van der Waals surface area contributed by atoms with Crippen molar-refractivity contribution in [2.45, 2.75) is 0 Å². The normalized spacial score (nSPS) is 10.5. The molecule has 0 saturated carbocycles. The maximum atomic E-state index is 5.75. The molecule has 0 aromatic carbocycles. The van der Waals surface area contributed by atoms with Gasteiger partial charge in [0.25, 0.3) is 0 Å². The summed E-state index contributed by atoms with van der Waals surface area (Å²) >= 11 is 14.1. The number of rotatable bonds is 1. The number of aromatic nitrogens is 2. The fourth-order valence-corrected chi connectivity index (χ4v) is 2.66. The molecule has 2 aromatic heterocycles. The van der Waals surface area contributed by atoms with Gasteiger partial charge in [-0.25, -0.2) is 0 Å². The van der Waals surface area contributed by atoms with Crippen molar-refractivity contribution in [2.24, 2.45) is 0 Å². The standard InChI is InChI=1S/C8H3Br2ClN2S/c9-4-3-5(12-13-8(4)11)6-1-2-7(10)14-6/h1-3H. The summed E-state index contributed by atoms with van der Waals surface area (Å²) in [7, 11) is 0. The highest BCUT2D eigenvalue weighted by atomic mass is 79.9. The molecule has 2 rings (SSSR count). The van der Waals surface area contributed by atoms with Gasteiger partial charge >= 0.3 is 0 Å². The Morgan fingerprint density at radius 2 is 2.00 bits per heavy atom. The number of thiophene rings is 1. The van der Waals surface area contributed by atoms with Gasteiger partial charge in [-0.3, -0.25) is 0 Å². The van der Waals surface area contributed by atoms with E-state index in [9.17, 15) is 0 Å². The maximum absolute atomic E-state index is 5.75. The van der Waals surface area contributed by atoms with E-state index in [4.69, 9.17) is 11.6 Å². The van der Waals surface area contributed by atoms with Crippen molar-refractivity contribution < 1.29 is 0 Å². The summed E-state index contributed by atoms with van der Waals surface area (Å²) in [5.41, 5.74) is 0.817. The molecule has 0 saturated heterocycles. The molecule has 0 spiro atoms. The third-order valence-corrected chi connectivity index (χ3v) is 4.29. The predicted octanol–water partition coefficient (Wildman–Crippen LogP) is 4.38. The van der Waals surface area contributed by atoms with Crippen LogP contribution in [-0.4, -0.2) is 10.2 Å². The van der Waals surface area contributed by atoms with Crippen LogP contribution in [0, 0.1) is 0 Å². The molecule has 0 N–H and O–H groups in total. The van der Waals surface area contributed by atoms with Crippen LogP contribution in [0.3, 0.4) is 0 Å². The zero-order valence-electron chi connectivity index (χ0n) is 6.67. The first-order valence-corrected chi connectivity index (χ1v) is 6.39. The lowest BCUT2D eigenvalue weighted by atomic mass is 10.3. The minimum Gasteiger partial charge on any atom is -0.148 e. The SMILES string of the molecule is Clc1nnc(-c2ccc(Br)s2)cc1Br. The molecule has 0 fully saturated rings. The Bertz CT molecular complexity index is 472. The molecule has 0 amide bonds. The molecule has 2 aromatic rings. The van der Waals surface area contributed by atoms with Crippen molar-refractivity contribution in [1.82, 2.24) is 10.2 Å². The first-order valence-electron chi connectivity index (χ1n) is 3.61. The van der Waals surface area contributed by atoms with E-state index in [-0.39, 0.29) is 0 Å². The molecule has 0 aliphatic carbocycles.